The Hall–Kier alpha value is -1.36. The number of benzene rings is 1. The molecular formula is C15H21NO3S. The van der Waals surface area contributed by atoms with Crippen LogP contribution in [0.5, 0.6) is 0 Å². The van der Waals surface area contributed by atoms with E-state index >= 15 is 0 Å². The number of carbonyl (C=O) groups excluding carboxylic acids is 1. The predicted molar refractivity (Wildman–Crippen MR) is 78.1 cm³/mol. The Morgan fingerprint density at radius 1 is 1.25 bits per heavy atom. The fourth-order valence-corrected chi connectivity index (χ4v) is 3.94. The van der Waals surface area contributed by atoms with Gasteiger partial charge >= 0.3 is 0 Å². The maximum atomic E-state index is 12.3. The van der Waals surface area contributed by atoms with Gasteiger partial charge in [-0.2, -0.15) is 0 Å². The maximum absolute atomic E-state index is 12.3. The van der Waals surface area contributed by atoms with E-state index in [9.17, 15) is 13.2 Å². The number of hydrogen-bond acceptors (Lipinski definition) is 3. The average Bonchev–Trinajstić information content (AvgIpc) is 2.47. The lowest BCUT2D eigenvalue weighted by atomic mass is 10.0. The first-order chi connectivity index (χ1) is 9.54. The standard InChI is InChI=1S/C15H21NO3S/c1-2-13-8-6-7-11-16(13)15(17)12-20(18,19)14-9-4-3-5-10-14/h3-5,9-10,13H,2,6-8,11-12H2,1H3. The first-order valence-corrected chi connectivity index (χ1v) is 8.77. The van der Waals surface area contributed by atoms with Crippen LogP contribution in [0, 0.1) is 0 Å². The Kier molecular flexibility index (Phi) is 4.81. The zero-order valence-corrected chi connectivity index (χ0v) is 12.6. The zero-order chi connectivity index (χ0) is 14.6. The van der Waals surface area contributed by atoms with E-state index < -0.39 is 15.6 Å². The first-order valence-electron chi connectivity index (χ1n) is 7.12. The molecule has 0 spiro atoms. The van der Waals surface area contributed by atoms with Gasteiger partial charge in [0, 0.05) is 12.6 Å². The van der Waals surface area contributed by atoms with Crippen LogP contribution in [0.3, 0.4) is 0 Å². The minimum absolute atomic E-state index is 0.197. The van der Waals surface area contributed by atoms with Crippen LogP contribution in [-0.2, 0) is 14.6 Å². The summed E-state index contributed by atoms with van der Waals surface area (Å²) < 4.78 is 24.5. The number of carbonyl (C=O) groups is 1. The third-order valence-corrected chi connectivity index (χ3v) is 5.45. The van der Waals surface area contributed by atoms with Gasteiger partial charge in [-0.3, -0.25) is 4.79 Å². The number of amides is 1. The molecule has 110 valence electrons. The van der Waals surface area contributed by atoms with Gasteiger partial charge in [-0.15, -0.1) is 0 Å². The fourth-order valence-electron chi connectivity index (χ4n) is 2.71. The molecule has 0 radical (unpaired) electrons. The number of rotatable bonds is 4. The molecule has 1 aliphatic heterocycles. The lowest BCUT2D eigenvalue weighted by Gasteiger charge is -2.35. The fraction of sp³-hybridized carbons (Fsp3) is 0.533. The van der Waals surface area contributed by atoms with E-state index in [0.717, 1.165) is 25.7 Å². The second kappa shape index (κ2) is 6.39. The summed E-state index contributed by atoms with van der Waals surface area (Å²) in [6.07, 6.45) is 3.95. The van der Waals surface area contributed by atoms with Crippen molar-refractivity contribution in [2.45, 2.75) is 43.5 Å². The summed E-state index contributed by atoms with van der Waals surface area (Å²) in [7, 11) is -3.53. The van der Waals surface area contributed by atoms with Crippen LogP contribution in [0.25, 0.3) is 0 Å². The smallest absolute Gasteiger partial charge is 0.238 e. The molecule has 1 aromatic carbocycles. The number of hydrogen-bond donors (Lipinski definition) is 0. The van der Waals surface area contributed by atoms with Gasteiger partial charge in [-0.25, -0.2) is 8.42 Å². The Morgan fingerprint density at radius 2 is 1.95 bits per heavy atom. The topological polar surface area (TPSA) is 54.5 Å². The third-order valence-electron chi connectivity index (χ3n) is 3.83. The number of piperidine rings is 1. The molecule has 1 atom stereocenters. The van der Waals surface area contributed by atoms with Crippen molar-refractivity contribution in [3.8, 4) is 0 Å². The van der Waals surface area contributed by atoms with Crippen molar-refractivity contribution in [1.82, 2.24) is 4.90 Å². The van der Waals surface area contributed by atoms with Crippen molar-refractivity contribution in [2.75, 3.05) is 12.3 Å². The highest BCUT2D eigenvalue weighted by Gasteiger charge is 2.29. The molecule has 1 fully saturated rings. The molecule has 1 unspecified atom stereocenters. The Morgan fingerprint density at radius 3 is 2.60 bits per heavy atom. The average molecular weight is 295 g/mol. The summed E-state index contributed by atoms with van der Waals surface area (Å²) in [6, 6.07) is 8.38. The lowest BCUT2D eigenvalue weighted by molar-refractivity contribution is -0.132. The predicted octanol–water partition coefficient (Wildman–Crippen LogP) is 2.25. The van der Waals surface area contributed by atoms with Crippen molar-refractivity contribution in [2.24, 2.45) is 0 Å². The summed E-state index contributed by atoms with van der Waals surface area (Å²) in [5.74, 6) is -0.687. The van der Waals surface area contributed by atoms with Gasteiger partial charge < -0.3 is 4.90 Å². The van der Waals surface area contributed by atoms with Crippen LogP contribution in [0.2, 0.25) is 0 Å². The van der Waals surface area contributed by atoms with E-state index in [4.69, 9.17) is 0 Å². The summed E-state index contributed by atoms with van der Waals surface area (Å²) in [5.41, 5.74) is 0. The lowest BCUT2D eigenvalue weighted by Crippen LogP contribution is -2.45. The van der Waals surface area contributed by atoms with E-state index in [-0.39, 0.29) is 16.8 Å². The molecule has 2 rings (SSSR count). The van der Waals surface area contributed by atoms with Gasteiger partial charge in [-0.05, 0) is 37.8 Å². The van der Waals surface area contributed by atoms with E-state index in [2.05, 4.69) is 0 Å². The van der Waals surface area contributed by atoms with E-state index in [0.29, 0.717) is 6.54 Å². The summed E-state index contributed by atoms with van der Waals surface area (Å²) in [6.45, 7) is 2.73. The second-order valence-electron chi connectivity index (χ2n) is 5.22. The Balaban J connectivity index is 2.11. The molecule has 1 amide bonds. The van der Waals surface area contributed by atoms with Gasteiger partial charge in [0.2, 0.25) is 5.91 Å². The quantitative estimate of drug-likeness (QED) is 0.856. The summed E-state index contributed by atoms with van der Waals surface area (Å²) in [5, 5.41) is 0. The normalized spacial score (nSPS) is 19.9. The van der Waals surface area contributed by atoms with Gasteiger partial charge in [0.1, 0.15) is 5.75 Å². The molecule has 1 saturated heterocycles. The maximum Gasteiger partial charge on any atom is 0.238 e. The molecular weight excluding hydrogens is 274 g/mol. The van der Waals surface area contributed by atoms with Crippen LogP contribution in [-0.4, -0.2) is 37.6 Å². The van der Waals surface area contributed by atoms with Crippen LogP contribution in [0.4, 0.5) is 0 Å². The van der Waals surface area contributed by atoms with Crippen LogP contribution >= 0.6 is 0 Å². The molecule has 1 heterocycles. The molecule has 0 N–H and O–H groups in total. The largest absolute Gasteiger partial charge is 0.339 e. The van der Waals surface area contributed by atoms with Crippen LogP contribution in [0.15, 0.2) is 35.2 Å². The van der Waals surface area contributed by atoms with Crippen LogP contribution in [0.1, 0.15) is 32.6 Å². The molecule has 0 aliphatic carbocycles. The summed E-state index contributed by atoms with van der Waals surface area (Å²) in [4.78, 5) is 14.3. The molecule has 1 aliphatic rings. The van der Waals surface area contributed by atoms with E-state index in [1.807, 2.05) is 6.92 Å². The number of sulfone groups is 1. The summed E-state index contributed by atoms with van der Waals surface area (Å²) >= 11 is 0. The molecule has 1 aromatic rings. The molecule has 0 saturated carbocycles. The highest BCUT2D eigenvalue weighted by atomic mass is 32.2. The SMILES string of the molecule is CCC1CCCCN1C(=O)CS(=O)(=O)c1ccccc1. The number of nitrogens with zero attached hydrogens (tertiary/aromatic N) is 1. The van der Waals surface area contributed by atoms with Crippen molar-refractivity contribution in [3.63, 3.8) is 0 Å². The molecule has 20 heavy (non-hydrogen) atoms. The highest BCUT2D eigenvalue weighted by Crippen LogP contribution is 2.21. The Labute approximate surface area is 120 Å². The van der Waals surface area contributed by atoms with Gasteiger partial charge in [0.25, 0.3) is 0 Å². The zero-order valence-electron chi connectivity index (χ0n) is 11.8. The third kappa shape index (κ3) is 3.39. The molecule has 4 nitrogen and oxygen atoms in total. The minimum atomic E-state index is -3.53. The molecule has 0 bridgehead atoms. The monoisotopic (exact) mass is 295 g/mol. The van der Waals surface area contributed by atoms with Gasteiger partial charge in [0.15, 0.2) is 9.84 Å². The molecule has 0 aromatic heterocycles. The first kappa shape index (κ1) is 15.0. The Bertz CT molecular complexity index is 554. The highest BCUT2D eigenvalue weighted by molar-refractivity contribution is 7.92. The van der Waals surface area contributed by atoms with E-state index in [1.165, 1.54) is 12.1 Å². The van der Waals surface area contributed by atoms with Gasteiger partial charge in [0.05, 0.1) is 4.90 Å². The van der Waals surface area contributed by atoms with Crippen molar-refractivity contribution in [3.05, 3.63) is 30.3 Å². The van der Waals surface area contributed by atoms with Crippen LogP contribution < -0.4 is 0 Å². The van der Waals surface area contributed by atoms with Crippen molar-refractivity contribution < 1.29 is 13.2 Å². The number of likely N-dealkylation sites (tertiary alicyclic amines) is 1. The minimum Gasteiger partial charge on any atom is -0.339 e. The van der Waals surface area contributed by atoms with E-state index in [1.54, 1.807) is 23.1 Å². The van der Waals surface area contributed by atoms with Crippen molar-refractivity contribution >= 4 is 15.7 Å². The molecule has 5 heteroatoms. The van der Waals surface area contributed by atoms with Crippen molar-refractivity contribution in [1.29, 1.82) is 0 Å². The van der Waals surface area contributed by atoms with Gasteiger partial charge in [-0.1, -0.05) is 25.1 Å². The second-order valence-corrected chi connectivity index (χ2v) is 7.21.